The molecule has 20 heavy (non-hydrogen) atoms. The molecule has 4 heteroatoms. The maximum absolute atomic E-state index is 12.1. The van der Waals surface area contributed by atoms with Gasteiger partial charge in [-0.05, 0) is 29.8 Å². The molecule has 0 unspecified atom stereocenters. The fraction of sp³-hybridized carbons (Fsp3) is 0.125. The maximum Gasteiger partial charge on any atom is 0.251 e. The van der Waals surface area contributed by atoms with Gasteiger partial charge >= 0.3 is 0 Å². The van der Waals surface area contributed by atoms with Crippen LogP contribution in [0.1, 0.15) is 21.1 Å². The second kappa shape index (κ2) is 5.43. The average molecular weight is 282 g/mol. The number of benzene rings is 2. The Bertz CT molecular complexity index is 764. The van der Waals surface area contributed by atoms with Crippen LogP contribution in [0.15, 0.2) is 47.8 Å². The van der Waals surface area contributed by atoms with E-state index in [2.05, 4.69) is 10.3 Å². The van der Waals surface area contributed by atoms with E-state index in [0.717, 1.165) is 21.5 Å². The zero-order chi connectivity index (χ0) is 13.9. The van der Waals surface area contributed by atoms with Crippen molar-refractivity contribution in [2.24, 2.45) is 0 Å². The minimum atomic E-state index is -0.0681. The molecule has 0 aliphatic rings. The first kappa shape index (κ1) is 12.8. The molecule has 1 N–H and O–H groups in total. The second-order valence-electron chi connectivity index (χ2n) is 4.60. The van der Waals surface area contributed by atoms with Crippen LogP contribution in [0, 0.1) is 6.92 Å². The summed E-state index contributed by atoms with van der Waals surface area (Å²) in [6.07, 6.45) is 0. The normalized spacial score (nSPS) is 10.7. The van der Waals surface area contributed by atoms with E-state index in [-0.39, 0.29) is 5.91 Å². The van der Waals surface area contributed by atoms with E-state index in [1.807, 2.05) is 54.8 Å². The fourth-order valence-corrected chi connectivity index (χ4v) is 2.71. The van der Waals surface area contributed by atoms with Gasteiger partial charge in [-0.1, -0.05) is 30.3 Å². The van der Waals surface area contributed by atoms with Crippen molar-refractivity contribution in [2.75, 3.05) is 0 Å². The number of aromatic nitrogens is 1. The second-order valence-corrected chi connectivity index (χ2v) is 5.66. The molecule has 0 bridgehead atoms. The summed E-state index contributed by atoms with van der Waals surface area (Å²) in [5.74, 6) is -0.0681. The molecule has 1 amide bonds. The lowest BCUT2D eigenvalue weighted by molar-refractivity contribution is 0.0950. The third kappa shape index (κ3) is 2.70. The Morgan fingerprint density at radius 3 is 2.75 bits per heavy atom. The molecule has 0 spiro atoms. The number of carbonyl (C=O) groups excluding carboxylic acids is 1. The average Bonchev–Trinajstić information content (AvgIpc) is 2.90. The molecule has 0 radical (unpaired) electrons. The zero-order valence-corrected chi connectivity index (χ0v) is 11.9. The third-order valence-corrected chi connectivity index (χ3v) is 3.93. The summed E-state index contributed by atoms with van der Waals surface area (Å²) in [6.45, 7) is 2.43. The van der Waals surface area contributed by atoms with Crippen LogP contribution < -0.4 is 5.32 Å². The molecular weight excluding hydrogens is 268 g/mol. The highest BCUT2D eigenvalue weighted by atomic mass is 32.1. The van der Waals surface area contributed by atoms with Crippen LogP contribution in [0.2, 0.25) is 0 Å². The predicted octanol–water partition coefficient (Wildman–Crippen LogP) is 3.53. The van der Waals surface area contributed by atoms with Gasteiger partial charge in [0.1, 0.15) is 0 Å². The van der Waals surface area contributed by atoms with Gasteiger partial charge in [0.2, 0.25) is 0 Å². The first-order valence-electron chi connectivity index (χ1n) is 6.40. The number of hydrogen-bond donors (Lipinski definition) is 1. The van der Waals surface area contributed by atoms with Crippen molar-refractivity contribution < 1.29 is 4.79 Å². The molecule has 0 saturated carbocycles. The highest BCUT2D eigenvalue weighted by molar-refractivity contribution is 7.09. The van der Waals surface area contributed by atoms with Gasteiger partial charge in [-0.25, -0.2) is 4.98 Å². The minimum absolute atomic E-state index is 0.0681. The summed E-state index contributed by atoms with van der Waals surface area (Å²) in [5, 5.41) is 8.09. The van der Waals surface area contributed by atoms with Gasteiger partial charge in [-0.2, -0.15) is 0 Å². The number of nitrogens with one attached hydrogen (secondary N) is 1. The molecule has 1 aromatic heterocycles. The molecule has 0 atom stereocenters. The summed E-state index contributed by atoms with van der Waals surface area (Å²) in [6, 6.07) is 13.7. The van der Waals surface area contributed by atoms with Gasteiger partial charge < -0.3 is 5.32 Å². The fourth-order valence-electron chi connectivity index (χ4n) is 2.09. The number of amides is 1. The smallest absolute Gasteiger partial charge is 0.251 e. The minimum Gasteiger partial charge on any atom is -0.346 e. The number of fused-ring (bicyclic) bond motifs is 1. The van der Waals surface area contributed by atoms with E-state index >= 15 is 0 Å². The van der Waals surface area contributed by atoms with Crippen molar-refractivity contribution in [1.82, 2.24) is 10.3 Å². The quantitative estimate of drug-likeness (QED) is 0.798. The molecular formula is C16H14N2OS. The molecule has 0 saturated heterocycles. The summed E-state index contributed by atoms with van der Waals surface area (Å²) >= 11 is 1.59. The molecule has 3 aromatic rings. The Morgan fingerprint density at radius 1 is 1.20 bits per heavy atom. The molecule has 0 aliphatic heterocycles. The van der Waals surface area contributed by atoms with Crippen LogP contribution in [0.25, 0.3) is 10.8 Å². The molecule has 100 valence electrons. The molecule has 3 rings (SSSR count). The zero-order valence-electron chi connectivity index (χ0n) is 11.1. The van der Waals surface area contributed by atoms with Gasteiger partial charge in [0.15, 0.2) is 0 Å². The predicted molar refractivity (Wildman–Crippen MR) is 82.0 cm³/mol. The van der Waals surface area contributed by atoms with E-state index in [9.17, 15) is 4.79 Å². The number of nitrogens with zero attached hydrogens (tertiary/aromatic N) is 1. The van der Waals surface area contributed by atoms with Gasteiger partial charge in [0.05, 0.1) is 17.2 Å². The van der Waals surface area contributed by atoms with Crippen LogP contribution in [-0.4, -0.2) is 10.9 Å². The Labute approximate surface area is 121 Å². The number of carbonyl (C=O) groups is 1. The van der Waals surface area contributed by atoms with E-state index < -0.39 is 0 Å². The molecule has 3 nitrogen and oxygen atoms in total. The Balaban J connectivity index is 1.75. The first-order chi connectivity index (χ1) is 9.72. The lowest BCUT2D eigenvalue weighted by Crippen LogP contribution is -2.22. The van der Waals surface area contributed by atoms with Crippen molar-refractivity contribution in [2.45, 2.75) is 13.5 Å². The first-order valence-corrected chi connectivity index (χ1v) is 7.28. The molecule has 0 aliphatic carbocycles. The summed E-state index contributed by atoms with van der Waals surface area (Å²) in [4.78, 5) is 16.5. The number of rotatable bonds is 3. The third-order valence-electron chi connectivity index (χ3n) is 3.11. The van der Waals surface area contributed by atoms with E-state index in [1.165, 1.54) is 0 Å². The lowest BCUT2D eigenvalue weighted by Gasteiger charge is -2.05. The number of hydrogen-bond acceptors (Lipinski definition) is 3. The maximum atomic E-state index is 12.1. The topological polar surface area (TPSA) is 42.0 Å². The highest BCUT2D eigenvalue weighted by Crippen LogP contribution is 2.15. The van der Waals surface area contributed by atoms with Gasteiger partial charge in [0, 0.05) is 10.9 Å². The van der Waals surface area contributed by atoms with Crippen LogP contribution in [0.3, 0.4) is 0 Å². The largest absolute Gasteiger partial charge is 0.346 e. The molecule has 0 fully saturated rings. The lowest BCUT2D eigenvalue weighted by atomic mass is 10.1. The van der Waals surface area contributed by atoms with Crippen molar-refractivity contribution in [3.05, 3.63) is 64.1 Å². The van der Waals surface area contributed by atoms with Crippen molar-refractivity contribution >= 4 is 28.0 Å². The molecule has 2 aromatic carbocycles. The SMILES string of the molecule is Cc1nc(CNC(=O)c2ccc3ccccc3c2)cs1. The van der Waals surface area contributed by atoms with Crippen molar-refractivity contribution in [3.8, 4) is 0 Å². The van der Waals surface area contributed by atoms with Crippen molar-refractivity contribution in [1.29, 1.82) is 0 Å². The van der Waals surface area contributed by atoms with Gasteiger partial charge in [-0.3, -0.25) is 4.79 Å². The van der Waals surface area contributed by atoms with E-state index in [0.29, 0.717) is 12.1 Å². The van der Waals surface area contributed by atoms with E-state index in [4.69, 9.17) is 0 Å². The Morgan fingerprint density at radius 2 is 2.00 bits per heavy atom. The standard InChI is InChI=1S/C16H14N2OS/c1-11-18-15(10-20-11)9-17-16(19)14-7-6-12-4-2-3-5-13(12)8-14/h2-8,10H,9H2,1H3,(H,17,19). The van der Waals surface area contributed by atoms with Crippen LogP contribution >= 0.6 is 11.3 Å². The van der Waals surface area contributed by atoms with Gasteiger partial charge in [-0.15, -0.1) is 11.3 Å². The number of aryl methyl sites for hydroxylation is 1. The summed E-state index contributed by atoms with van der Waals surface area (Å²) in [7, 11) is 0. The van der Waals surface area contributed by atoms with E-state index in [1.54, 1.807) is 11.3 Å². The monoisotopic (exact) mass is 282 g/mol. The molecule has 1 heterocycles. The summed E-state index contributed by atoms with van der Waals surface area (Å²) in [5.41, 5.74) is 1.58. The Kier molecular flexibility index (Phi) is 3.48. The summed E-state index contributed by atoms with van der Waals surface area (Å²) < 4.78 is 0. The van der Waals surface area contributed by atoms with Crippen LogP contribution in [0.5, 0.6) is 0 Å². The van der Waals surface area contributed by atoms with Crippen LogP contribution in [-0.2, 0) is 6.54 Å². The number of thiazole rings is 1. The van der Waals surface area contributed by atoms with Crippen LogP contribution in [0.4, 0.5) is 0 Å². The van der Waals surface area contributed by atoms with Crippen molar-refractivity contribution in [3.63, 3.8) is 0 Å². The Hall–Kier alpha value is -2.20. The highest BCUT2D eigenvalue weighted by Gasteiger charge is 2.07. The van der Waals surface area contributed by atoms with Gasteiger partial charge in [0.25, 0.3) is 5.91 Å².